The van der Waals surface area contributed by atoms with Crippen molar-refractivity contribution in [1.29, 1.82) is 0 Å². The van der Waals surface area contributed by atoms with Crippen molar-refractivity contribution in [2.75, 3.05) is 13.7 Å². The maximum atomic E-state index is 12.9. The van der Waals surface area contributed by atoms with Crippen LogP contribution < -0.4 is 5.32 Å². The van der Waals surface area contributed by atoms with Crippen LogP contribution >= 0.6 is 0 Å². The highest BCUT2D eigenvalue weighted by molar-refractivity contribution is 5.96. The van der Waals surface area contributed by atoms with Crippen LogP contribution in [0.2, 0.25) is 0 Å². The fourth-order valence-electron chi connectivity index (χ4n) is 1.11. The van der Waals surface area contributed by atoms with Crippen molar-refractivity contribution >= 4 is 11.9 Å². The van der Waals surface area contributed by atoms with Crippen LogP contribution in [0.1, 0.15) is 15.9 Å². The number of carbonyl (C=O) groups is 2. The van der Waals surface area contributed by atoms with E-state index < -0.39 is 11.9 Å². The predicted molar refractivity (Wildman–Crippen MR) is 55.5 cm³/mol. The average Bonchev–Trinajstić information content (AvgIpc) is 2.29. The van der Waals surface area contributed by atoms with Crippen LogP contribution in [0.3, 0.4) is 0 Å². The molecule has 1 aromatic carbocycles. The minimum Gasteiger partial charge on any atom is -0.468 e. The second-order valence-electron chi connectivity index (χ2n) is 3.22. The van der Waals surface area contributed by atoms with E-state index in [2.05, 4.69) is 10.1 Å². The highest BCUT2D eigenvalue weighted by Gasteiger charge is 2.09. The molecule has 0 aliphatic rings. The summed E-state index contributed by atoms with van der Waals surface area (Å²) in [6.45, 7) is 1.36. The molecule has 0 spiro atoms. The molecule has 0 radical (unpaired) electrons. The lowest BCUT2D eigenvalue weighted by Crippen LogP contribution is -2.30. The summed E-state index contributed by atoms with van der Waals surface area (Å²) in [6, 6.07) is 3.99. The first-order chi connectivity index (χ1) is 7.54. The number of benzene rings is 1. The topological polar surface area (TPSA) is 55.4 Å². The molecular formula is C11H12FNO3. The zero-order chi connectivity index (χ0) is 12.1. The van der Waals surface area contributed by atoms with Gasteiger partial charge in [-0.2, -0.15) is 0 Å². The number of ether oxygens (including phenoxy) is 1. The van der Waals surface area contributed by atoms with E-state index in [1.54, 1.807) is 6.92 Å². The quantitative estimate of drug-likeness (QED) is 0.782. The Labute approximate surface area is 92.4 Å². The summed E-state index contributed by atoms with van der Waals surface area (Å²) >= 11 is 0. The zero-order valence-corrected chi connectivity index (χ0v) is 9.04. The van der Waals surface area contributed by atoms with Crippen molar-refractivity contribution in [1.82, 2.24) is 5.32 Å². The van der Waals surface area contributed by atoms with E-state index in [4.69, 9.17) is 0 Å². The number of hydrogen-bond acceptors (Lipinski definition) is 3. The standard InChI is InChI=1S/C11H12FNO3/c1-7-5-8(3-4-9(7)12)11(15)13-6-10(14)16-2/h3-5H,6H2,1-2H3,(H,13,15). The van der Waals surface area contributed by atoms with Gasteiger partial charge in [0, 0.05) is 5.56 Å². The first-order valence-electron chi connectivity index (χ1n) is 4.65. The van der Waals surface area contributed by atoms with E-state index in [1.807, 2.05) is 0 Å². The summed E-state index contributed by atoms with van der Waals surface area (Å²) in [5.41, 5.74) is 0.688. The van der Waals surface area contributed by atoms with Gasteiger partial charge in [0.05, 0.1) is 7.11 Å². The highest BCUT2D eigenvalue weighted by Crippen LogP contribution is 2.08. The number of halogens is 1. The third kappa shape index (κ3) is 3.05. The van der Waals surface area contributed by atoms with Gasteiger partial charge in [-0.25, -0.2) is 4.39 Å². The SMILES string of the molecule is COC(=O)CNC(=O)c1ccc(F)c(C)c1. The normalized spacial score (nSPS) is 9.69. The highest BCUT2D eigenvalue weighted by atomic mass is 19.1. The molecular weight excluding hydrogens is 213 g/mol. The maximum absolute atomic E-state index is 12.9. The third-order valence-corrected chi connectivity index (χ3v) is 2.04. The molecule has 0 saturated heterocycles. The van der Waals surface area contributed by atoms with Gasteiger partial charge in [-0.15, -0.1) is 0 Å². The van der Waals surface area contributed by atoms with Gasteiger partial charge in [0.1, 0.15) is 12.4 Å². The molecule has 1 N–H and O–H groups in total. The number of esters is 1. The summed E-state index contributed by atoms with van der Waals surface area (Å²) in [7, 11) is 1.23. The molecule has 4 nitrogen and oxygen atoms in total. The molecule has 0 bridgehead atoms. The van der Waals surface area contributed by atoms with Gasteiger partial charge in [-0.05, 0) is 30.7 Å². The molecule has 0 atom stereocenters. The van der Waals surface area contributed by atoms with Gasteiger partial charge in [-0.1, -0.05) is 0 Å². The Bertz CT molecular complexity index is 418. The van der Waals surface area contributed by atoms with Crippen LogP contribution in [-0.4, -0.2) is 25.5 Å². The van der Waals surface area contributed by atoms with E-state index in [-0.39, 0.29) is 12.4 Å². The number of nitrogens with one attached hydrogen (secondary N) is 1. The summed E-state index contributed by atoms with van der Waals surface area (Å²) in [5.74, 6) is -1.34. The molecule has 0 aliphatic carbocycles. The van der Waals surface area contributed by atoms with Gasteiger partial charge in [0.25, 0.3) is 5.91 Å². The van der Waals surface area contributed by atoms with Crippen LogP contribution in [0.25, 0.3) is 0 Å². The Kier molecular flexibility index (Phi) is 3.99. The zero-order valence-electron chi connectivity index (χ0n) is 9.04. The molecule has 0 aromatic heterocycles. The fraction of sp³-hybridized carbons (Fsp3) is 0.273. The van der Waals surface area contributed by atoms with Crippen molar-refractivity contribution in [2.24, 2.45) is 0 Å². The fourth-order valence-corrected chi connectivity index (χ4v) is 1.11. The van der Waals surface area contributed by atoms with Crippen LogP contribution in [0, 0.1) is 12.7 Å². The van der Waals surface area contributed by atoms with Gasteiger partial charge in [0.15, 0.2) is 0 Å². The average molecular weight is 225 g/mol. The summed E-state index contributed by atoms with van der Waals surface area (Å²) in [5, 5.41) is 2.36. The first-order valence-corrected chi connectivity index (χ1v) is 4.65. The first kappa shape index (κ1) is 12.2. The van der Waals surface area contributed by atoms with E-state index in [1.165, 1.54) is 25.3 Å². The lowest BCUT2D eigenvalue weighted by Gasteiger charge is -2.04. The van der Waals surface area contributed by atoms with Crippen LogP contribution in [0.15, 0.2) is 18.2 Å². The number of rotatable bonds is 3. The van der Waals surface area contributed by atoms with E-state index in [0.717, 1.165) is 0 Å². The molecule has 0 saturated carbocycles. The van der Waals surface area contributed by atoms with Crippen LogP contribution in [0.4, 0.5) is 4.39 Å². The second kappa shape index (κ2) is 5.25. The van der Waals surface area contributed by atoms with Crippen LogP contribution in [0.5, 0.6) is 0 Å². The number of methoxy groups -OCH3 is 1. The molecule has 1 aromatic rings. The molecule has 0 aliphatic heterocycles. The minimum atomic E-state index is -0.535. The molecule has 1 rings (SSSR count). The Balaban J connectivity index is 2.66. The number of aryl methyl sites for hydroxylation is 1. The Morgan fingerprint density at radius 2 is 2.12 bits per heavy atom. The summed E-state index contributed by atoms with van der Waals surface area (Å²) in [6.07, 6.45) is 0. The minimum absolute atomic E-state index is 0.203. The molecule has 5 heteroatoms. The van der Waals surface area contributed by atoms with Crippen molar-refractivity contribution < 1.29 is 18.7 Å². The Morgan fingerprint density at radius 3 is 2.69 bits per heavy atom. The Hall–Kier alpha value is -1.91. The van der Waals surface area contributed by atoms with Gasteiger partial charge in [-0.3, -0.25) is 9.59 Å². The largest absolute Gasteiger partial charge is 0.468 e. The van der Waals surface area contributed by atoms with Crippen molar-refractivity contribution in [3.63, 3.8) is 0 Å². The second-order valence-corrected chi connectivity index (χ2v) is 3.22. The van der Waals surface area contributed by atoms with E-state index in [9.17, 15) is 14.0 Å². The van der Waals surface area contributed by atoms with Crippen molar-refractivity contribution in [2.45, 2.75) is 6.92 Å². The number of hydrogen-bond donors (Lipinski definition) is 1. The predicted octanol–water partition coefficient (Wildman–Crippen LogP) is 1.04. The molecule has 0 heterocycles. The Morgan fingerprint density at radius 1 is 1.44 bits per heavy atom. The lowest BCUT2D eigenvalue weighted by atomic mass is 10.1. The molecule has 0 fully saturated rings. The maximum Gasteiger partial charge on any atom is 0.325 e. The lowest BCUT2D eigenvalue weighted by molar-refractivity contribution is -0.139. The summed E-state index contributed by atoms with van der Waals surface area (Å²) in [4.78, 5) is 22.3. The molecule has 1 amide bonds. The molecule has 16 heavy (non-hydrogen) atoms. The molecule has 86 valence electrons. The van der Waals surface area contributed by atoms with Crippen molar-refractivity contribution in [3.8, 4) is 0 Å². The van der Waals surface area contributed by atoms with Gasteiger partial charge in [0.2, 0.25) is 0 Å². The summed E-state index contributed by atoms with van der Waals surface area (Å²) < 4.78 is 17.3. The monoisotopic (exact) mass is 225 g/mol. The van der Waals surface area contributed by atoms with Gasteiger partial charge < -0.3 is 10.1 Å². The van der Waals surface area contributed by atoms with Gasteiger partial charge >= 0.3 is 5.97 Å². The smallest absolute Gasteiger partial charge is 0.325 e. The van der Waals surface area contributed by atoms with Crippen LogP contribution in [-0.2, 0) is 9.53 Å². The van der Waals surface area contributed by atoms with E-state index >= 15 is 0 Å². The molecule has 0 unspecified atom stereocenters. The van der Waals surface area contributed by atoms with Crippen molar-refractivity contribution in [3.05, 3.63) is 35.1 Å². The third-order valence-electron chi connectivity index (χ3n) is 2.04. The van der Waals surface area contributed by atoms with E-state index in [0.29, 0.717) is 11.1 Å². The number of carbonyl (C=O) groups excluding carboxylic acids is 2. The number of amides is 1.